The third-order valence-electron chi connectivity index (χ3n) is 4.79. The van der Waals surface area contributed by atoms with Gasteiger partial charge in [-0.3, -0.25) is 4.79 Å². The van der Waals surface area contributed by atoms with E-state index < -0.39 is 28.5 Å². The van der Waals surface area contributed by atoms with Crippen molar-refractivity contribution in [2.75, 3.05) is 26.0 Å². The van der Waals surface area contributed by atoms with Gasteiger partial charge in [-0.2, -0.15) is 0 Å². The molecule has 0 bridgehead atoms. The molecule has 0 aliphatic heterocycles. The van der Waals surface area contributed by atoms with Gasteiger partial charge in [-0.1, -0.05) is 6.07 Å². The zero-order chi connectivity index (χ0) is 22.8. The summed E-state index contributed by atoms with van der Waals surface area (Å²) in [5.41, 5.74) is 3.01. The van der Waals surface area contributed by atoms with Crippen LogP contribution in [-0.4, -0.2) is 49.9 Å². The minimum Gasteiger partial charge on any atom is -0.452 e. The van der Waals surface area contributed by atoms with Crippen LogP contribution in [0.3, 0.4) is 0 Å². The van der Waals surface area contributed by atoms with Crippen LogP contribution >= 0.6 is 0 Å². The van der Waals surface area contributed by atoms with E-state index in [0.717, 1.165) is 15.7 Å². The van der Waals surface area contributed by atoms with E-state index in [9.17, 15) is 18.0 Å². The van der Waals surface area contributed by atoms with E-state index in [-0.39, 0.29) is 10.9 Å². The number of amides is 1. The molecule has 0 fully saturated rings. The second-order valence-electron chi connectivity index (χ2n) is 7.64. The molecule has 1 aromatic heterocycles. The Bertz CT molecular complexity index is 1070. The minimum atomic E-state index is -3.65. The predicted octanol–water partition coefficient (Wildman–Crippen LogP) is 3.04. The molecule has 1 N–H and O–H groups in total. The van der Waals surface area contributed by atoms with Gasteiger partial charge in [0.2, 0.25) is 10.0 Å². The van der Waals surface area contributed by atoms with Gasteiger partial charge in [0, 0.05) is 37.2 Å². The topological polar surface area (TPSA) is 97.7 Å². The predicted molar refractivity (Wildman–Crippen MR) is 115 cm³/mol. The van der Waals surface area contributed by atoms with Gasteiger partial charge in [-0.15, -0.1) is 0 Å². The number of rotatable bonds is 7. The van der Waals surface area contributed by atoms with E-state index in [1.54, 1.807) is 25.1 Å². The lowest BCUT2D eigenvalue weighted by molar-refractivity contribution is -0.119. The maximum absolute atomic E-state index is 12.4. The van der Waals surface area contributed by atoms with Crippen molar-refractivity contribution in [1.82, 2.24) is 8.87 Å². The number of carbonyl (C=O) groups is 2. The average molecular weight is 436 g/mol. The van der Waals surface area contributed by atoms with Crippen LogP contribution in [0.25, 0.3) is 0 Å². The van der Waals surface area contributed by atoms with Crippen molar-refractivity contribution in [2.45, 2.75) is 45.6 Å². The Morgan fingerprint density at radius 2 is 1.77 bits per heavy atom. The Morgan fingerprint density at radius 3 is 2.30 bits per heavy atom. The molecule has 0 saturated carbocycles. The molecule has 0 radical (unpaired) electrons. The summed E-state index contributed by atoms with van der Waals surface area (Å²) in [6.07, 6.45) is 0. The highest BCUT2D eigenvalue weighted by atomic mass is 32.2. The third kappa shape index (κ3) is 4.91. The normalized spacial score (nSPS) is 11.8. The summed E-state index contributed by atoms with van der Waals surface area (Å²) in [5, 5.41) is 2.57. The lowest BCUT2D eigenvalue weighted by Gasteiger charge is -2.15. The number of nitrogens with one attached hydrogen (secondary N) is 1. The van der Waals surface area contributed by atoms with Crippen LogP contribution in [0.4, 0.5) is 5.69 Å². The average Bonchev–Trinajstić information content (AvgIpc) is 2.95. The van der Waals surface area contributed by atoms with Crippen LogP contribution in [0.15, 0.2) is 29.2 Å². The summed E-state index contributed by atoms with van der Waals surface area (Å²) in [6.45, 7) is 8.99. The zero-order valence-corrected chi connectivity index (χ0v) is 19.3. The molecule has 9 heteroatoms. The Balaban J connectivity index is 2.09. The number of anilines is 1. The van der Waals surface area contributed by atoms with Gasteiger partial charge in [0.05, 0.1) is 10.5 Å². The number of hydrogen-bond donors (Lipinski definition) is 1. The maximum atomic E-state index is 12.4. The maximum Gasteiger partial charge on any atom is 0.340 e. The fraction of sp³-hybridized carbons (Fsp3) is 0.429. The number of ether oxygens (including phenoxy) is 1. The van der Waals surface area contributed by atoms with Crippen molar-refractivity contribution < 1.29 is 22.7 Å². The first kappa shape index (κ1) is 23.6. The SMILES string of the molecule is Cc1ccc(NC(=O)COC(=O)c2cc(C)n(C(C)C)c2C)cc1S(=O)(=O)N(C)C. The van der Waals surface area contributed by atoms with Gasteiger partial charge in [0.15, 0.2) is 6.61 Å². The van der Waals surface area contributed by atoms with E-state index in [1.807, 2.05) is 32.3 Å². The molecule has 0 atom stereocenters. The highest BCUT2D eigenvalue weighted by molar-refractivity contribution is 7.89. The number of benzene rings is 1. The Kier molecular flexibility index (Phi) is 7.10. The molecule has 30 heavy (non-hydrogen) atoms. The number of nitrogens with zero attached hydrogens (tertiary/aromatic N) is 2. The fourth-order valence-corrected chi connectivity index (χ4v) is 4.48. The number of carbonyl (C=O) groups excluding carboxylic acids is 2. The molecule has 1 amide bonds. The molecule has 0 aliphatic carbocycles. The summed E-state index contributed by atoms with van der Waals surface area (Å²) in [4.78, 5) is 24.8. The smallest absolute Gasteiger partial charge is 0.340 e. The summed E-state index contributed by atoms with van der Waals surface area (Å²) < 4.78 is 33.1. The van der Waals surface area contributed by atoms with Crippen LogP contribution in [0.2, 0.25) is 0 Å². The standard InChI is InChI=1S/C21H29N3O5S/c1-13(2)24-15(4)10-18(16(24)5)21(26)29-12-20(25)22-17-9-8-14(3)19(11-17)30(27,28)23(6)7/h8-11,13H,12H2,1-7H3,(H,22,25). The monoisotopic (exact) mass is 435 g/mol. The van der Waals surface area contributed by atoms with E-state index in [4.69, 9.17) is 4.74 Å². The Hall–Kier alpha value is -2.65. The summed E-state index contributed by atoms with van der Waals surface area (Å²) >= 11 is 0. The first-order valence-electron chi connectivity index (χ1n) is 9.54. The molecule has 164 valence electrons. The van der Waals surface area contributed by atoms with E-state index in [1.165, 1.54) is 20.2 Å². The number of sulfonamides is 1. The van der Waals surface area contributed by atoms with Crippen LogP contribution in [0.1, 0.15) is 47.2 Å². The number of aromatic nitrogens is 1. The van der Waals surface area contributed by atoms with Gasteiger partial charge in [-0.05, 0) is 58.4 Å². The molecular formula is C21H29N3O5S. The lowest BCUT2D eigenvalue weighted by Crippen LogP contribution is -2.24. The highest BCUT2D eigenvalue weighted by Crippen LogP contribution is 2.23. The molecule has 2 aromatic rings. The second kappa shape index (κ2) is 9.01. The minimum absolute atomic E-state index is 0.100. The summed E-state index contributed by atoms with van der Waals surface area (Å²) in [5.74, 6) is -1.14. The summed E-state index contributed by atoms with van der Waals surface area (Å²) in [7, 11) is -0.766. The van der Waals surface area contributed by atoms with Crippen molar-refractivity contribution >= 4 is 27.6 Å². The van der Waals surface area contributed by atoms with Crippen LogP contribution < -0.4 is 5.32 Å². The van der Waals surface area contributed by atoms with Crippen molar-refractivity contribution in [3.05, 3.63) is 46.8 Å². The quantitative estimate of drug-likeness (QED) is 0.674. The lowest BCUT2D eigenvalue weighted by atomic mass is 10.2. The third-order valence-corrected chi connectivity index (χ3v) is 6.74. The highest BCUT2D eigenvalue weighted by Gasteiger charge is 2.21. The molecule has 0 spiro atoms. The van der Waals surface area contributed by atoms with Crippen LogP contribution in [0, 0.1) is 20.8 Å². The van der Waals surface area contributed by atoms with E-state index in [0.29, 0.717) is 16.8 Å². The molecular weight excluding hydrogens is 406 g/mol. The van der Waals surface area contributed by atoms with Crippen molar-refractivity contribution in [3.8, 4) is 0 Å². The second-order valence-corrected chi connectivity index (χ2v) is 9.76. The van der Waals surface area contributed by atoms with Crippen molar-refractivity contribution in [1.29, 1.82) is 0 Å². The van der Waals surface area contributed by atoms with E-state index >= 15 is 0 Å². The molecule has 1 aromatic carbocycles. The Labute approximate surface area is 177 Å². The van der Waals surface area contributed by atoms with Crippen LogP contribution in [-0.2, 0) is 19.6 Å². The molecule has 0 aliphatic rings. The number of esters is 1. The summed E-state index contributed by atoms with van der Waals surface area (Å²) in [6, 6.07) is 6.54. The van der Waals surface area contributed by atoms with Gasteiger partial charge >= 0.3 is 5.97 Å². The number of aryl methyl sites for hydroxylation is 2. The molecule has 8 nitrogen and oxygen atoms in total. The van der Waals surface area contributed by atoms with Gasteiger partial charge in [0.1, 0.15) is 0 Å². The fourth-order valence-electron chi connectivity index (χ4n) is 3.34. The van der Waals surface area contributed by atoms with Crippen molar-refractivity contribution in [3.63, 3.8) is 0 Å². The molecule has 2 rings (SSSR count). The molecule has 0 saturated heterocycles. The zero-order valence-electron chi connectivity index (χ0n) is 18.4. The Morgan fingerprint density at radius 1 is 1.13 bits per heavy atom. The van der Waals surface area contributed by atoms with Crippen LogP contribution in [0.5, 0.6) is 0 Å². The first-order chi connectivity index (χ1) is 13.9. The van der Waals surface area contributed by atoms with Gasteiger partial charge in [0.25, 0.3) is 5.91 Å². The van der Waals surface area contributed by atoms with E-state index in [2.05, 4.69) is 5.32 Å². The van der Waals surface area contributed by atoms with Gasteiger partial charge < -0.3 is 14.6 Å². The first-order valence-corrected chi connectivity index (χ1v) is 11.0. The largest absolute Gasteiger partial charge is 0.452 e. The van der Waals surface area contributed by atoms with Crippen molar-refractivity contribution in [2.24, 2.45) is 0 Å². The number of hydrogen-bond acceptors (Lipinski definition) is 5. The van der Waals surface area contributed by atoms with Gasteiger partial charge in [-0.25, -0.2) is 17.5 Å². The molecule has 1 heterocycles. The molecule has 0 unspecified atom stereocenters.